The number of H-pyrrole nitrogens is 1. The molecule has 2 heterocycles. The zero-order chi connectivity index (χ0) is 21.3. The van der Waals surface area contributed by atoms with Gasteiger partial charge in [-0.15, -0.1) is 0 Å². The summed E-state index contributed by atoms with van der Waals surface area (Å²) in [6, 6.07) is 13.0. The Bertz CT molecular complexity index is 1110. The third-order valence-electron chi connectivity index (χ3n) is 5.35. The molecular weight excluding hydrogens is 380 g/mol. The van der Waals surface area contributed by atoms with E-state index in [0.717, 1.165) is 27.6 Å². The third kappa shape index (κ3) is 3.71. The van der Waals surface area contributed by atoms with E-state index in [9.17, 15) is 9.90 Å². The molecule has 4 rings (SSSR count). The molecule has 2 aromatic carbocycles. The van der Waals surface area contributed by atoms with Crippen LogP contribution in [0.2, 0.25) is 0 Å². The first-order valence-electron chi connectivity index (χ1n) is 10.2. The highest BCUT2D eigenvalue weighted by Gasteiger charge is 2.27. The molecule has 30 heavy (non-hydrogen) atoms. The van der Waals surface area contributed by atoms with Crippen molar-refractivity contribution in [2.75, 3.05) is 6.61 Å². The van der Waals surface area contributed by atoms with E-state index < -0.39 is 6.04 Å². The van der Waals surface area contributed by atoms with Crippen molar-refractivity contribution in [3.8, 4) is 5.88 Å². The summed E-state index contributed by atoms with van der Waals surface area (Å²) in [6.45, 7) is 7.09. The van der Waals surface area contributed by atoms with Gasteiger partial charge in [0.15, 0.2) is 11.9 Å². The molecule has 0 amide bonds. The van der Waals surface area contributed by atoms with Crippen LogP contribution < -0.4 is 0 Å². The molecule has 1 aliphatic rings. The number of esters is 1. The molecule has 2 N–H and O–H groups in total. The first kappa shape index (κ1) is 20.2. The minimum atomic E-state index is -0.683. The van der Waals surface area contributed by atoms with Crippen LogP contribution in [0.15, 0.2) is 47.5 Å². The Morgan fingerprint density at radius 2 is 1.97 bits per heavy atom. The second kappa shape index (κ2) is 8.32. The number of hydrogen-bond acceptors (Lipinski definition) is 5. The number of aromatic amines is 1. The normalized spacial score (nSPS) is 14.9. The first-order chi connectivity index (χ1) is 14.5. The van der Waals surface area contributed by atoms with Crippen molar-refractivity contribution < 1.29 is 19.4 Å². The number of fused-ring (bicyclic) bond motifs is 2. The van der Waals surface area contributed by atoms with Crippen LogP contribution in [0.3, 0.4) is 0 Å². The fourth-order valence-electron chi connectivity index (χ4n) is 3.81. The lowest BCUT2D eigenvalue weighted by atomic mass is 9.96. The van der Waals surface area contributed by atoms with Crippen LogP contribution in [0.5, 0.6) is 5.88 Å². The standard InChI is InChI=1S/C24H26N2O4/c1-4-30-24(28)21(14(2)3)26-22(15-9-10-16-12-29-13-17(16)11-15)20-18-7-5-6-8-19(18)25-23(20)27/h5-11,14,21,25,27H,4,12-13H2,1-3H3. The van der Waals surface area contributed by atoms with Crippen molar-refractivity contribution in [2.45, 2.75) is 40.0 Å². The summed E-state index contributed by atoms with van der Waals surface area (Å²) in [5.41, 5.74) is 5.02. The highest BCUT2D eigenvalue weighted by molar-refractivity contribution is 6.21. The van der Waals surface area contributed by atoms with Gasteiger partial charge in [-0.2, -0.15) is 0 Å². The van der Waals surface area contributed by atoms with Gasteiger partial charge in [-0.3, -0.25) is 4.99 Å². The zero-order valence-corrected chi connectivity index (χ0v) is 17.4. The van der Waals surface area contributed by atoms with Crippen LogP contribution in [0, 0.1) is 5.92 Å². The Balaban J connectivity index is 1.93. The maximum Gasteiger partial charge on any atom is 0.331 e. The van der Waals surface area contributed by atoms with E-state index in [-0.39, 0.29) is 17.8 Å². The van der Waals surface area contributed by atoms with Gasteiger partial charge in [-0.05, 0) is 36.1 Å². The molecule has 3 aromatic rings. The van der Waals surface area contributed by atoms with Crippen molar-refractivity contribution in [1.29, 1.82) is 0 Å². The molecule has 1 aliphatic heterocycles. The molecule has 0 saturated carbocycles. The van der Waals surface area contributed by atoms with Gasteiger partial charge in [0, 0.05) is 16.5 Å². The molecule has 0 bridgehead atoms. The molecule has 6 nitrogen and oxygen atoms in total. The minimum absolute atomic E-state index is 0.0260. The SMILES string of the molecule is CCOC(=O)C(N=C(c1ccc2c(c1)COC2)c1c(O)[nH]c2ccccc12)C(C)C. The molecular formula is C24H26N2O4. The van der Waals surface area contributed by atoms with Crippen LogP contribution in [-0.4, -0.2) is 34.4 Å². The van der Waals surface area contributed by atoms with E-state index in [0.29, 0.717) is 31.1 Å². The number of aromatic hydroxyl groups is 1. The molecule has 0 fully saturated rings. The van der Waals surface area contributed by atoms with Gasteiger partial charge in [0.1, 0.15) is 0 Å². The average Bonchev–Trinajstić information content (AvgIpc) is 3.32. The van der Waals surface area contributed by atoms with E-state index in [1.165, 1.54) is 0 Å². The molecule has 0 aliphatic carbocycles. The Kier molecular flexibility index (Phi) is 5.59. The Hall–Kier alpha value is -3.12. The summed E-state index contributed by atoms with van der Waals surface area (Å²) in [6.07, 6.45) is 0. The van der Waals surface area contributed by atoms with Crippen molar-refractivity contribution in [3.63, 3.8) is 0 Å². The summed E-state index contributed by atoms with van der Waals surface area (Å²) in [5, 5.41) is 11.6. The number of carbonyl (C=O) groups excluding carboxylic acids is 1. The number of rotatable bonds is 6. The summed E-state index contributed by atoms with van der Waals surface area (Å²) in [4.78, 5) is 20.5. The number of nitrogens with zero attached hydrogens (tertiary/aromatic N) is 1. The van der Waals surface area contributed by atoms with Crippen molar-refractivity contribution in [3.05, 3.63) is 64.7 Å². The van der Waals surface area contributed by atoms with Crippen molar-refractivity contribution in [2.24, 2.45) is 10.9 Å². The van der Waals surface area contributed by atoms with Gasteiger partial charge < -0.3 is 19.6 Å². The highest BCUT2D eigenvalue weighted by Crippen LogP contribution is 2.32. The van der Waals surface area contributed by atoms with E-state index in [1.54, 1.807) is 6.92 Å². The number of hydrogen-bond donors (Lipinski definition) is 2. The summed E-state index contributed by atoms with van der Waals surface area (Å²) in [7, 11) is 0. The molecule has 6 heteroatoms. The maximum absolute atomic E-state index is 12.6. The fourth-order valence-corrected chi connectivity index (χ4v) is 3.81. The molecule has 0 saturated heterocycles. The van der Waals surface area contributed by atoms with Gasteiger partial charge in [0.25, 0.3) is 0 Å². The number of benzene rings is 2. The van der Waals surface area contributed by atoms with Crippen LogP contribution in [-0.2, 0) is 27.5 Å². The van der Waals surface area contributed by atoms with E-state index >= 15 is 0 Å². The van der Waals surface area contributed by atoms with E-state index in [2.05, 4.69) is 4.98 Å². The predicted molar refractivity (Wildman–Crippen MR) is 116 cm³/mol. The molecule has 1 aromatic heterocycles. The second-order valence-corrected chi connectivity index (χ2v) is 7.79. The second-order valence-electron chi connectivity index (χ2n) is 7.79. The van der Waals surface area contributed by atoms with Gasteiger partial charge >= 0.3 is 5.97 Å². The minimum Gasteiger partial charge on any atom is -0.494 e. The summed E-state index contributed by atoms with van der Waals surface area (Å²) < 4.78 is 10.8. The Morgan fingerprint density at radius 1 is 1.20 bits per heavy atom. The molecule has 1 atom stereocenters. The van der Waals surface area contributed by atoms with Crippen molar-refractivity contribution >= 4 is 22.6 Å². The molecule has 0 radical (unpaired) electrons. The first-order valence-corrected chi connectivity index (χ1v) is 10.2. The fraction of sp³-hybridized carbons (Fsp3) is 0.333. The van der Waals surface area contributed by atoms with Crippen LogP contribution in [0.25, 0.3) is 10.9 Å². The molecule has 1 unspecified atom stereocenters. The number of aliphatic imine (C=N–C) groups is 1. The lowest BCUT2D eigenvalue weighted by molar-refractivity contribution is -0.145. The largest absolute Gasteiger partial charge is 0.494 e. The van der Waals surface area contributed by atoms with Gasteiger partial charge in [-0.1, -0.05) is 44.2 Å². The summed E-state index contributed by atoms with van der Waals surface area (Å²) >= 11 is 0. The van der Waals surface area contributed by atoms with Gasteiger partial charge in [-0.25, -0.2) is 4.79 Å². The van der Waals surface area contributed by atoms with Gasteiger partial charge in [0.05, 0.1) is 31.1 Å². The topological polar surface area (TPSA) is 83.9 Å². The molecule has 156 valence electrons. The zero-order valence-electron chi connectivity index (χ0n) is 17.4. The van der Waals surface area contributed by atoms with Crippen LogP contribution in [0.4, 0.5) is 0 Å². The number of para-hydroxylation sites is 1. The number of nitrogens with one attached hydrogen (secondary N) is 1. The third-order valence-corrected chi connectivity index (χ3v) is 5.35. The smallest absolute Gasteiger partial charge is 0.331 e. The van der Waals surface area contributed by atoms with Crippen LogP contribution in [0.1, 0.15) is 43.0 Å². The lowest BCUT2D eigenvalue weighted by Crippen LogP contribution is -2.28. The Labute approximate surface area is 175 Å². The molecule has 0 spiro atoms. The number of carbonyl (C=O) groups is 1. The van der Waals surface area contributed by atoms with Crippen LogP contribution >= 0.6 is 0 Å². The maximum atomic E-state index is 12.6. The van der Waals surface area contributed by atoms with E-state index in [1.807, 2.05) is 56.3 Å². The number of ether oxygens (including phenoxy) is 2. The van der Waals surface area contributed by atoms with Crippen molar-refractivity contribution in [1.82, 2.24) is 4.98 Å². The monoisotopic (exact) mass is 406 g/mol. The lowest BCUT2D eigenvalue weighted by Gasteiger charge is -2.18. The predicted octanol–water partition coefficient (Wildman–Crippen LogP) is 4.33. The summed E-state index contributed by atoms with van der Waals surface area (Å²) in [5.74, 6) is -0.406. The Morgan fingerprint density at radius 3 is 2.73 bits per heavy atom. The highest BCUT2D eigenvalue weighted by atomic mass is 16.5. The van der Waals surface area contributed by atoms with E-state index in [4.69, 9.17) is 14.5 Å². The average molecular weight is 406 g/mol. The quantitative estimate of drug-likeness (QED) is 0.471. The van der Waals surface area contributed by atoms with Gasteiger partial charge in [0.2, 0.25) is 0 Å². The number of aromatic nitrogens is 1.